The molecule has 0 unspecified atom stereocenters. The van der Waals surface area contributed by atoms with E-state index in [2.05, 4.69) is 26.3 Å². The van der Waals surface area contributed by atoms with Gasteiger partial charge in [0.15, 0.2) is 0 Å². The predicted molar refractivity (Wildman–Crippen MR) is 114 cm³/mol. The number of likely N-dealkylation sites (N-methyl/N-ethyl adjacent to an activating group) is 1. The van der Waals surface area contributed by atoms with Crippen LogP contribution < -0.4 is 10.1 Å². The largest absolute Gasteiger partial charge is 0.481 e. The molecule has 0 spiro atoms. The summed E-state index contributed by atoms with van der Waals surface area (Å²) in [4.78, 5) is 23.5. The van der Waals surface area contributed by atoms with Gasteiger partial charge in [0, 0.05) is 59.9 Å². The first-order valence-corrected chi connectivity index (χ1v) is 9.15. The lowest BCUT2D eigenvalue weighted by Gasteiger charge is -2.05. The van der Waals surface area contributed by atoms with Gasteiger partial charge in [-0.25, -0.2) is 9.97 Å². The van der Waals surface area contributed by atoms with Gasteiger partial charge in [-0.05, 0) is 35.4 Å². The number of hydrogen-bond donors (Lipinski definition) is 2. The number of hydrogen-bond acceptors (Lipinski definition) is 4. The maximum Gasteiger partial charge on any atom is 0.243 e. The number of H-pyrrole nitrogens is 1. The Balaban J connectivity index is 1.72. The monoisotopic (exact) mass is 384 g/mol. The lowest BCUT2D eigenvalue weighted by Crippen LogP contribution is -2.13. The molecule has 0 aliphatic heterocycles. The number of pyridine rings is 2. The van der Waals surface area contributed by atoms with E-state index in [1.54, 1.807) is 26.4 Å². The lowest BCUT2D eigenvalue weighted by molar-refractivity contribution is -0.115. The molecule has 3 aromatic heterocycles. The summed E-state index contributed by atoms with van der Waals surface area (Å²) in [6.07, 6.45) is 8.88. The van der Waals surface area contributed by atoms with E-state index in [0.29, 0.717) is 5.88 Å². The molecule has 0 radical (unpaired) electrons. The maximum absolute atomic E-state index is 11.4. The second-order valence-electron chi connectivity index (χ2n) is 6.48. The highest BCUT2D eigenvalue weighted by Crippen LogP contribution is 2.31. The van der Waals surface area contributed by atoms with E-state index in [1.165, 1.54) is 6.08 Å². The van der Waals surface area contributed by atoms with Crippen molar-refractivity contribution in [3.05, 3.63) is 72.7 Å². The summed E-state index contributed by atoms with van der Waals surface area (Å²) >= 11 is 0. The zero-order valence-corrected chi connectivity index (χ0v) is 16.1. The van der Waals surface area contributed by atoms with E-state index in [4.69, 9.17) is 4.74 Å². The molecule has 2 N–H and O–H groups in total. The summed E-state index contributed by atoms with van der Waals surface area (Å²) in [6.45, 7) is 0. The van der Waals surface area contributed by atoms with Gasteiger partial charge < -0.3 is 15.0 Å². The minimum Gasteiger partial charge on any atom is -0.481 e. The molecule has 3 heterocycles. The Morgan fingerprint density at radius 2 is 1.93 bits per heavy atom. The maximum atomic E-state index is 11.4. The third kappa shape index (κ3) is 3.87. The van der Waals surface area contributed by atoms with Gasteiger partial charge in [0.05, 0.1) is 7.11 Å². The van der Waals surface area contributed by atoms with Crippen molar-refractivity contribution in [2.24, 2.45) is 0 Å². The van der Waals surface area contributed by atoms with Gasteiger partial charge in [0.25, 0.3) is 0 Å². The molecule has 1 aromatic carbocycles. The number of aromatic amines is 1. The number of nitrogens with zero attached hydrogens (tertiary/aromatic N) is 2. The van der Waals surface area contributed by atoms with E-state index < -0.39 is 0 Å². The molecule has 0 aliphatic rings. The fourth-order valence-electron chi connectivity index (χ4n) is 3.14. The second kappa shape index (κ2) is 7.98. The summed E-state index contributed by atoms with van der Waals surface area (Å²) in [7, 11) is 3.21. The number of fused-ring (bicyclic) bond motifs is 1. The predicted octanol–water partition coefficient (Wildman–Crippen LogP) is 4.06. The van der Waals surface area contributed by atoms with Crippen LogP contribution in [0.15, 0.2) is 67.1 Å². The molecule has 4 aromatic rings. The molecule has 0 saturated heterocycles. The Morgan fingerprint density at radius 1 is 1.07 bits per heavy atom. The summed E-state index contributed by atoms with van der Waals surface area (Å²) < 4.78 is 5.14. The van der Waals surface area contributed by atoms with Crippen molar-refractivity contribution < 1.29 is 9.53 Å². The van der Waals surface area contributed by atoms with E-state index in [9.17, 15) is 4.79 Å². The number of benzene rings is 1. The first kappa shape index (κ1) is 18.4. The van der Waals surface area contributed by atoms with Crippen molar-refractivity contribution in [3.8, 4) is 28.1 Å². The van der Waals surface area contributed by atoms with Crippen molar-refractivity contribution in [2.75, 3.05) is 14.2 Å². The van der Waals surface area contributed by atoms with Gasteiger partial charge >= 0.3 is 0 Å². The number of ether oxygens (including phenoxy) is 1. The van der Waals surface area contributed by atoms with Crippen LogP contribution in [0.25, 0.3) is 39.4 Å². The minimum atomic E-state index is -0.136. The molecule has 6 nitrogen and oxygen atoms in total. The highest BCUT2D eigenvalue weighted by atomic mass is 16.5. The average molecular weight is 384 g/mol. The normalized spacial score (nSPS) is 11.1. The van der Waals surface area contributed by atoms with E-state index in [1.807, 2.05) is 48.8 Å². The van der Waals surface area contributed by atoms with Crippen LogP contribution in [0, 0.1) is 0 Å². The number of rotatable bonds is 5. The summed E-state index contributed by atoms with van der Waals surface area (Å²) in [5, 5.41) is 3.59. The molecule has 0 saturated carbocycles. The van der Waals surface area contributed by atoms with E-state index in [-0.39, 0.29) is 5.91 Å². The van der Waals surface area contributed by atoms with Gasteiger partial charge in [-0.1, -0.05) is 18.2 Å². The molecule has 144 valence electrons. The number of nitrogens with one attached hydrogen (secondary N) is 2. The Bertz CT molecular complexity index is 1190. The number of methoxy groups -OCH3 is 1. The molecule has 0 aliphatic carbocycles. The van der Waals surface area contributed by atoms with Gasteiger partial charge in [-0.2, -0.15) is 0 Å². The molecule has 0 bridgehead atoms. The van der Waals surface area contributed by atoms with Gasteiger partial charge in [0.2, 0.25) is 11.8 Å². The van der Waals surface area contributed by atoms with Crippen LogP contribution >= 0.6 is 0 Å². The minimum absolute atomic E-state index is 0.136. The third-order valence-corrected chi connectivity index (χ3v) is 4.68. The topological polar surface area (TPSA) is 79.9 Å². The first-order chi connectivity index (χ1) is 14.2. The average Bonchev–Trinajstić information content (AvgIpc) is 3.21. The van der Waals surface area contributed by atoms with Crippen molar-refractivity contribution >= 4 is 23.0 Å². The van der Waals surface area contributed by atoms with Crippen molar-refractivity contribution in [1.29, 1.82) is 0 Å². The van der Waals surface area contributed by atoms with Crippen LogP contribution in [0.5, 0.6) is 5.88 Å². The molecule has 0 fully saturated rings. The Morgan fingerprint density at radius 3 is 2.69 bits per heavy atom. The van der Waals surface area contributed by atoms with Crippen molar-refractivity contribution in [2.45, 2.75) is 0 Å². The van der Waals surface area contributed by atoms with Crippen LogP contribution in [-0.2, 0) is 4.79 Å². The van der Waals surface area contributed by atoms with E-state index >= 15 is 0 Å². The molecular formula is C23H20N4O2. The third-order valence-electron chi connectivity index (χ3n) is 4.68. The van der Waals surface area contributed by atoms with Crippen molar-refractivity contribution in [1.82, 2.24) is 20.3 Å². The lowest BCUT2D eigenvalue weighted by atomic mass is 10.0. The van der Waals surface area contributed by atoms with Crippen molar-refractivity contribution in [3.63, 3.8) is 0 Å². The first-order valence-electron chi connectivity index (χ1n) is 9.15. The van der Waals surface area contributed by atoms with Crippen LogP contribution in [0.1, 0.15) is 5.56 Å². The van der Waals surface area contributed by atoms with E-state index in [0.717, 1.165) is 38.9 Å². The molecule has 1 amide bonds. The Labute approximate surface area is 168 Å². The van der Waals surface area contributed by atoms with Crippen LogP contribution in [-0.4, -0.2) is 35.0 Å². The zero-order valence-electron chi connectivity index (χ0n) is 16.1. The Kier molecular flexibility index (Phi) is 5.07. The summed E-state index contributed by atoms with van der Waals surface area (Å²) in [5.41, 5.74) is 5.79. The molecule has 6 heteroatoms. The van der Waals surface area contributed by atoms with Gasteiger partial charge in [0.1, 0.15) is 5.65 Å². The van der Waals surface area contributed by atoms with Crippen LogP contribution in [0.4, 0.5) is 0 Å². The fourth-order valence-corrected chi connectivity index (χ4v) is 3.14. The standard InChI is InChI=1S/C23H20N4O2/c1-24-21(28)8-6-15-4-3-5-16(10-15)18-11-19-20(14-27-23(19)26-13-18)17-7-9-22(29-2)25-12-17/h3-14H,1-2H3,(H,24,28)(H,26,27). The molecule has 4 rings (SSSR count). The number of carbonyl (C=O) groups excluding carboxylic acids is 1. The highest BCUT2D eigenvalue weighted by molar-refractivity contribution is 5.96. The summed E-state index contributed by atoms with van der Waals surface area (Å²) in [6, 6.07) is 13.9. The van der Waals surface area contributed by atoms with Crippen LogP contribution in [0.3, 0.4) is 0 Å². The number of amides is 1. The van der Waals surface area contributed by atoms with Gasteiger partial charge in [-0.15, -0.1) is 0 Å². The molecule has 0 atom stereocenters. The smallest absolute Gasteiger partial charge is 0.243 e. The highest BCUT2D eigenvalue weighted by Gasteiger charge is 2.10. The number of aromatic nitrogens is 3. The Hall–Kier alpha value is -3.93. The zero-order chi connectivity index (χ0) is 20.2. The van der Waals surface area contributed by atoms with Gasteiger partial charge in [-0.3, -0.25) is 4.79 Å². The fraction of sp³-hybridized carbons (Fsp3) is 0.0870. The molecule has 29 heavy (non-hydrogen) atoms. The quantitative estimate of drug-likeness (QED) is 0.509. The summed E-state index contributed by atoms with van der Waals surface area (Å²) in [5.74, 6) is 0.442. The number of carbonyl (C=O) groups is 1. The molecular weight excluding hydrogens is 364 g/mol. The SMILES string of the molecule is CNC(=O)C=Cc1cccc(-c2cnc3[nH]cc(-c4ccc(OC)nc4)c3c2)c1. The van der Waals surface area contributed by atoms with Crippen LogP contribution in [0.2, 0.25) is 0 Å². The second-order valence-corrected chi connectivity index (χ2v) is 6.48.